The van der Waals surface area contributed by atoms with E-state index in [4.69, 9.17) is 0 Å². The maximum atomic E-state index is 13.8. The van der Waals surface area contributed by atoms with Crippen LogP contribution in [-0.2, 0) is 11.2 Å². The molecule has 1 aliphatic carbocycles. The molecule has 0 spiro atoms. The van der Waals surface area contributed by atoms with Crippen LogP contribution in [0.4, 0.5) is 8.78 Å². The molecule has 0 unspecified atom stereocenters. The molecule has 0 aromatic heterocycles. The Balaban J connectivity index is 1.47. The van der Waals surface area contributed by atoms with E-state index in [2.05, 4.69) is 15.6 Å². The third-order valence-corrected chi connectivity index (χ3v) is 6.69. The molecule has 2 fully saturated rings. The third-order valence-electron chi connectivity index (χ3n) is 5.75. The van der Waals surface area contributed by atoms with E-state index in [0.717, 1.165) is 62.9 Å². The van der Waals surface area contributed by atoms with Crippen LogP contribution in [0.5, 0.6) is 0 Å². The second-order valence-corrected chi connectivity index (χ2v) is 9.10. The molecule has 8 heteroatoms. The summed E-state index contributed by atoms with van der Waals surface area (Å²) in [5.74, 6) is 2.19. The van der Waals surface area contributed by atoms with Crippen LogP contribution >= 0.6 is 11.8 Å². The first-order valence-corrected chi connectivity index (χ1v) is 12.1. The van der Waals surface area contributed by atoms with Crippen molar-refractivity contribution in [2.24, 2.45) is 10.9 Å². The summed E-state index contributed by atoms with van der Waals surface area (Å²) in [7, 11) is 0. The van der Waals surface area contributed by atoms with Gasteiger partial charge in [0.1, 0.15) is 11.6 Å². The van der Waals surface area contributed by atoms with Crippen molar-refractivity contribution in [1.29, 1.82) is 0 Å². The van der Waals surface area contributed by atoms with Crippen molar-refractivity contribution in [3.05, 3.63) is 35.4 Å². The molecule has 1 saturated carbocycles. The van der Waals surface area contributed by atoms with Crippen molar-refractivity contribution in [3.8, 4) is 0 Å². The Bertz CT molecular complexity index is 732. The molecule has 2 aliphatic rings. The number of amides is 1. The van der Waals surface area contributed by atoms with Crippen LogP contribution in [0, 0.1) is 17.6 Å². The summed E-state index contributed by atoms with van der Waals surface area (Å²) in [5.41, 5.74) is 0.464. The van der Waals surface area contributed by atoms with Gasteiger partial charge in [0.25, 0.3) is 0 Å². The second-order valence-electron chi connectivity index (χ2n) is 7.88. The average molecular weight is 439 g/mol. The second kappa shape index (κ2) is 11.5. The topological polar surface area (TPSA) is 56.7 Å². The molecule has 0 bridgehead atoms. The lowest BCUT2D eigenvalue weighted by atomic mass is 9.85. The van der Waals surface area contributed by atoms with Gasteiger partial charge in [0.2, 0.25) is 5.91 Å². The third kappa shape index (κ3) is 6.59. The maximum absolute atomic E-state index is 13.8. The summed E-state index contributed by atoms with van der Waals surface area (Å²) in [4.78, 5) is 19.3. The quantitative estimate of drug-likeness (QED) is 0.529. The molecule has 166 valence electrons. The monoisotopic (exact) mass is 438 g/mol. The van der Waals surface area contributed by atoms with Gasteiger partial charge in [-0.3, -0.25) is 9.79 Å². The van der Waals surface area contributed by atoms with E-state index < -0.39 is 11.6 Å². The van der Waals surface area contributed by atoms with Gasteiger partial charge < -0.3 is 15.5 Å². The fourth-order valence-corrected chi connectivity index (χ4v) is 4.96. The summed E-state index contributed by atoms with van der Waals surface area (Å²) in [5, 5.41) is 6.70. The minimum absolute atomic E-state index is 0.145. The van der Waals surface area contributed by atoms with Crippen molar-refractivity contribution in [2.45, 2.75) is 45.1 Å². The van der Waals surface area contributed by atoms with Gasteiger partial charge >= 0.3 is 0 Å². The zero-order valence-electron chi connectivity index (χ0n) is 17.6. The van der Waals surface area contributed by atoms with E-state index in [1.807, 2.05) is 23.6 Å². The lowest BCUT2D eigenvalue weighted by Gasteiger charge is -2.34. The SMILES string of the molecule is CCNC(=NCCc1ccc(F)cc1F)NC1CCC(C(=O)N2CCSCC2)CC1. The highest BCUT2D eigenvalue weighted by Crippen LogP contribution is 2.27. The number of halogens is 2. The van der Waals surface area contributed by atoms with Crippen molar-refractivity contribution in [2.75, 3.05) is 37.7 Å². The molecule has 2 N–H and O–H groups in total. The minimum Gasteiger partial charge on any atom is -0.357 e. The number of nitrogens with one attached hydrogen (secondary N) is 2. The van der Waals surface area contributed by atoms with E-state index in [1.54, 1.807) is 0 Å². The fourth-order valence-electron chi connectivity index (χ4n) is 4.05. The maximum Gasteiger partial charge on any atom is 0.225 e. The Morgan fingerprint density at radius 2 is 1.93 bits per heavy atom. The Morgan fingerprint density at radius 1 is 1.20 bits per heavy atom. The van der Waals surface area contributed by atoms with Crippen molar-refractivity contribution < 1.29 is 13.6 Å². The number of aliphatic imine (C=N–C) groups is 1. The highest BCUT2D eigenvalue weighted by atomic mass is 32.2. The number of guanidine groups is 1. The molecule has 3 rings (SSSR count). The van der Waals surface area contributed by atoms with Gasteiger partial charge in [0, 0.05) is 55.7 Å². The van der Waals surface area contributed by atoms with Gasteiger partial charge in [-0.25, -0.2) is 8.78 Å². The van der Waals surface area contributed by atoms with Gasteiger partial charge in [-0.05, 0) is 50.7 Å². The zero-order valence-corrected chi connectivity index (χ0v) is 18.4. The van der Waals surface area contributed by atoms with Gasteiger partial charge in [0.05, 0.1) is 0 Å². The fraction of sp³-hybridized carbons (Fsp3) is 0.636. The molecule has 1 aliphatic heterocycles. The first kappa shape index (κ1) is 22.8. The summed E-state index contributed by atoms with van der Waals surface area (Å²) >= 11 is 1.92. The van der Waals surface area contributed by atoms with E-state index in [9.17, 15) is 13.6 Å². The molecular weight excluding hydrogens is 406 g/mol. The molecule has 0 atom stereocenters. The predicted molar refractivity (Wildman–Crippen MR) is 119 cm³/mol. The number of hydrogen-bond donors (Lipinski definition) is 2. The molecule has 1 saturated heterocycles. The van der Waals surface area contributed by atoms with Crippen LogP contribution in [0.2, 0.25) is 0 Å². The predicted octanol–water partition coefficient (Wildman–Crippen LogP) is 3.20. The first-order chi connectivity index (χ1) is 14.6. The zero-order chi connectivity index (χ0) is 21.3. The standard InChI is InChI=1S/C22H32F2N4OS/c1-2-25-22(26-10-9-16-3-6-18(23)15-20(16)24)27-19-7-4-17(5-8-19)21(29)28-11-13-30-14-12-28/h3,6,15,17,19H,2,4-5,7-14H2,1H3,(H2,25,26,27). The number of rotatable bonds is 6. The number of benzene rings is 1. The number of hydrogen-bond acceptors (Lipinski definition) is 3. The van der Waals surface area contributed by atoms with E-state index in [1.165, 1.54) is 12.1 Å². The summed E-state index contributed by atoms with van der Waals surface area (Å²) < 4.78 is 26.8. The van der Waals surface area contributed by atoms with Gasteiger partial charge in [-0.2, -0.15) is 11.8 Å². The Labute approximate surface area is 182 Å². The minimum atomic E-state index is -0.567. The molecule has 1 aromatic rings. The van der Waals surface area contributed by atoms with Crippen LogP contribution in [0.1, 0.15) is 38.2 Å². The van der Waals surface area contributed by atoms with Crippen LogP contribution in [-0.4, -0.2) is 60.5 Å². The Morgan fingerprint density at radius 3 is 2.60 bits per heavy atom. The first-order valence-electron chi connectivity index (χ1n) is 10.9. The number of thioether (sulfide) groups is 1. The summed E-state index contributed by atoms with van der Waals surface area (Å²) in [6.07, 6.45) is 4.10. The van der Waals surface area contributed by atoms with Crippen LogP contribution in [0.15, 0.2) is 23.2 Å². The lowest BCUT2D eigenvalue weighted by molar-refractivity contribution is -0.136. The average Bonchev–Trinajstić information content (AvgIpc) is 2.76. The molecule has 1 aromatic carbocycles. The molecule has 0 radical (unpaired) electrons. The van der Waals surface area contributed by atoms with Crippen molar-refractivity contribution in [1.82, 2.24) is 15.5 Å². The Kier molecular flexibility index (Phi) is 8.78. The van der Waals surface area contributed by atoms with E-state index >= 15 is 0 Å². The number of carbonyl (C=O) groups excluding carboxylic acids is 1. The van der Waals surface area contributed by atoms with Gasteiger partial charge in [-0.15, -0.1) is 0 Å². The molecule has 1 heterocycles. The highest BCUT2D eigenvalue weighted by molar-refractivity contribution is 7.99. The highest BCUT2D eigenvalue weighted by Gasteiger charge is 2.30. The van der Waals surface area contributed by atoms with E-state index in [-0.39, 0.29) is 12.0 Å². The Hall–Kier alpha value is -1.83. The number of carbonyl (C=O) groups is 1. The molecule has 30 heavy (non-hydrogen) atoms. The van der Waals surface area contributed by atoms with E-state index in [0.29, 0.717) is 30.4 Å². The summed E-state index contributed by atoms with van der Waals surface area (Å²) in [6, 6.07) is 3.94. The summed E-state index contributed by atoms with van der Waals surface area (Å²) in [6.45, 7) is 4.92. The molecule has 1 amide bonds. The van der Waals surface area contributed by atoms with Crippen LogP contribution < -0.4 is 10.6 Å². The van der Waals surface area contributed by atoms with Crippen molar-refractivity contribution in [3.63, 3.8) is 0 Å². The largest absolute Gasteiger partial charge is 0.357 e. The number of nitrogens with zero attached hydrogens (tertiary/aromatic N) is 2. The van der Waals surface area contributed by atoms with Crippen LogP contribution in [0.3, 0.4) is 0 Å². The van der Waals surface area contributed by atoms with Gasteiger partial charge in [0.15, 0.2) is 5.96 Å². The molecular formula is C22H32F2N4OS. The van der Waals surface area contributed by atoms with Crippen LogP contribution in [0.25, 0.3) is 0 Å². The smallest absolute Gasteiger partial charge is 0.225 e. The van der Waals surface area contributed by atoms with Crippen molar-refractivity contribution >= 4 is 23.6 Å². The lowest BCUT2D eigenvalue weighted by Crippen LogP contribution is -2.47. The van der Waals surface area contributed by atoms with Gasteiger partial charge in [-0.1, -0.05) is 6.07 Å². The normalized spacial score (nSPS) is 22.6. The molecule has 5 nitrogen and oxygen atoms in total.